The lowest BCUT2D eigenvalue weighted by Gasteiger charge is -2.32. The summed E-state index contributed by atoms with van der Waals surface area (Å²) in [6.07, 6.45) is 1.42. The highest BCUT2D eigenvalue weighted by Crippen LogP contribution is 2.25. The molecule has 0 N–H and O–H groups in total. The van der Waals surface area contributed by atoms with Crippen LogP contribution in [0.2, 0.25) is 0 Å². The summed E-state index contributed by atoms with van der Waals surface area (Å²) in [5, 5.41) is 3.88. The second-order valence-electron chi connectivity index (χ2n) is 5.57. The molecule has 4 rings (SSSR count). The zero-order valence-corrected chi connectivity index (χ0v) is 12.9. The van der Waals surface area contributed by atoms with Gasteiger partial charge in [-0.1, -0.05) is 35.5 Å². The van der Waals surface area contributed by atoms with E-state index in [0.29, 0.717) is 31.2 Å². The predicted molar refractivity (Wildman–Crippen MR) is 85.2 cm³/mol. The zero-order chi connectivity index (χ0) is 16.4. The Morgan fingerprint density at radius 3 is 2.79 bits per heavy atom. The molecule has 3 aromatic rings. The van der Waals surface area contributed by atoms with Crippen LogP contribution in [0.4, 0.5) is 0 Å². The number of morpholine rings is 1. The first-order valence-electron chi connectivity index (χ1n) is 7.77. The van der Waals surface area contributed by atoms with Crippen molar-refractivity contribution in [2.75, 3.05) is 19.7 Å². The van der Waals surface area contributed by atoms with Gasteiger partial charge in [0, 0.05) is 12.6 Å². The van der Waals surface area contributed by atoms with Gasteiger partial charge in [0.1, 0.15) is 6.10 Å². The standard InChI is InChI=1S/C18H16N2O4/c21-18(14-11-16(24-19-14)15-7-4-9-22-15)20-8-10-23-17(12-20)13-5-2-1-3-6-13/h1-7,9,11,17H,8,10,12H2. The number of hydrogen-bond donors (Lipinski definition) is 0. The van der Waals surface area contributed by atoms with Crippen molar-refractivity contribution in [3.63, 3.8) is 0 Å². The summed E-state index contributed by atoms with van der Waals surface area (Å²) >= 11 is 0. The number of amides is 1. The first kappa shape index (κ1) is 14.7. The molecule has 24 heavy (non-hydrogen) atoms. The van der Waals surface area contributed by atoms with Crippen molar-refractivity contribution >= 4 is 5.91 Å². The van der Waals surface area contributed by atoms with Crippen molar-refractivity contribution < 1.29 is 18.5 Å². The number of carbonyl (C=O) groups is 1. The SMILES string of the molecule is O=C(c1cc(-c2ccco2)on1)N1CCOC(c2ccccc2)C1. The van der Waals surface area contributed by atoms with Crippen molar-refractivity contribution in [1.29, 1.82) is 0 Å². The van der Waals surface area contributed by atoms with Crippen LogP contribution in [-0.4, -0.2) is 35.7 Å². The highest BCUT2D eigenvalue weighted by atomic mass is 16.5. The predicted octanol–water partition coefficient (Wildman–Crippen LogP) is 3.15. The van der Waals surface area contributed by atoms with Gasteiger partial charge < -0.3 is 18.6 Å². The summed E-state index contributed by atoms with van der Waals surface area (Å²) in [7, 11) is 0. The molecule has 0 bridgehead atoms. The van der Waals surface area contributed by atoms with Crippen LogP contribution < -0.4 is 0 Å². The van der Waals surface area contributed by atoms with Crippen LogP contribution in [0.15, 0.2) is 63.7 Å². The molecule has 0 radical (unpaired) electrons. The van der Waals surface area contributed by atoms with Crippen molar-refractivity contribution in [2.45, 2.75) is 6.10 Å². The van der Waals surface area contributed by atoms with Crippen molar-refractivity contribution in [3.8, 4) is 11.5 Å². The van der Waals surface area contributed by atoms with E-state index in [4.69, 9.17) is 13.7 Å². The van der Waals surface area contributed by atoms with Crippen molar-refractivity contribution in [1.82, 2.24) is 10.1 Å². The van der Waals surface area contributed by atoms with E-state index in [1.807, 2.05) is 30.3 Å². The Morgan fingerprint density at radius 2 is 2.00 bits per heavy atom. The first-order chi connectivity index (χ1) is 11.8. The van der Waals surface area contributed by atoms with Gasteiger partial charge in [-0.05, 0) is 17.7 Å². The van der Waals surface area contributed by atoms with Gasteiger partial charge in [0.05, 0.1) is 19.4 Å². The third-order valence-electron chi connectivity index (χ3n) is 4.02. The van der Waals surface area contributed by atoms with Crippen LogP contribution in [0.25, 0.3) is 11.5 Å². The summed E-state index contributed by atoms with van der Waals surface area (Å²) in [4.78, 5) is 14.4. The van der Waals surface area contributed by atoms with Crippen LogP contribution in [0.1, 0.15) is 22.2 Å². The number of carbonyl (C=O) groups excluding carboxylic acids is 1. The zero-order valence-electron chi connectivity index (χ0n) is 12.9. The van der Waals surface area contributed by atoms with Gasteiger partial charge in [0.15, 0.2) is 11.5 Å². The van der Waals surface area contributed by atoms with E-state index in [-0.39, 0.29) is 17.7 Å². The molecule has 0 spiro atoms. The first-order valence-corrected chi connectivity index (χ1v) is 7.77. The molecule has 1 saturated heterocycles. The van der Waals surface area contributed by atoms with Crippen LogP contribution in [0.5, 0.6) is 0 Å². The molecule has 1 atom stereocenters. The molecule has 2 aromatic heterocycles. The quantitative estimate of drug-likeness (QED) is 0.740. The summed E-state index contributed by atoms with van der Waals surface area (Å²) in [5.74, 6) is 0.822. The third kappa shape index (κ3) is 2.83. The lowest BCUT2D eigenvalue weighted by atomic mass is 10.1. The molecule has 1 aliphatic heterocycles. The van der Waals surface area contributed by atoms with Crippen LogP contribution in [0, 0.1) is 0 Å². The summed E-state index contributed by atoms with van der Waals surface area (Å²) < 4.78 is 16.3. The van der Waals surface area contributed by atoms with Gasteiger partial charge in [0.2, 0.25) is 5.76 Å². The Hall–Kier alpha value is -2.86. The average Bonchev–Trinajstić information content (AvgIpc) is 3.33. The van der Waals surface area contributed by atoms with Crippen molar-refractivity contribution in [2.24, 2.45) is 0 Å². The molecule has 3 heterocycles. The Labute approximate surface area is 138 Å². The molecule has 1 unspecified atom stereocenters. The van der Waals surface area contributed by atoms with Crippen LogP contribution in [0.3, 0.4) is 0 Å². The average molecular weight is 324 g/mol. The second-order valence-corrected chi connectivity index (χ2v) is 5.57. The molecular formula is C18H16N2O4. The number of furan rings is 1. The molecule has 1 aromatic carbocycles. The number of ether oxygens (including phenoxy) is 1. The summed E-state index contributed by atoms with van der Waals surface area (Å²) in [6, 6.07) is 15.0. The Morgan fingerprint density at radius 1 is 1.12 bits per heavy atom. The molecule has 1 fully saturated rings. The highest BCUT2D eigenvalue weighted by molar-refractivity contribution is 5.93. The van der Waals surface area contributed by atoms with E-state index in [1.165, 1.54) is 0 Å². The molecule has 1 aliphatic rings. The van der Waals surface area contributed by atoms with E-state index >= 15 is 0 Å². The Kier molecular flexibility index (Phi) is 3.88. The van der Waals surface area contributed by atoms with E-state index in [2.05, 4.69) is 5.16 Å². The third-order valence-corrected chi connectivity index (χ3v) is 4.02. The minimum atomic E-state index is -0.166. The van der Waals surface area contributed by atoms with E-state index in [1.54, 1.807) is 29.4 Å². The number of nitrogens with zero attached hydrogens (tertiary/aromatic N) is 2. The van der Waals surface area contributed by atoms with Crippen LogP contribution in [-0.2, 0) is 4.74 Å². The maximum atomic E-state index is 12.7. The maximum Gasteiger partial charge on any atom is 0.276 e. The summed E-state index contributed by atoms with van der Waals surface area (Å²) in [5.41, 5.74) is 1.33. The fourth-order valence-corrected chi connectivity index (χ4v) is 2.78. The fraction of sp³-hybridized carbons (Fsp3) is 0.222. The lowest BCUT2D eigenvalue weighted by molar-refractivity contribution is -0.0231. The monoisotopic (exact) mass is 324 g/mol. The molecular weight excluding hydrogens is 308 g/mol. The van der Waals surface area contributed by atoms with Crippen molar-refractivity contribution in [3.05, 3.63) is 66.1 Å². The number of hydrogen-bond acceptors (Lipinski definition) is 5. The largest absolute Gasteiger partial charge is 0.461 e. The molecule has 1 amide bonds. The van der Waals surface area contributed by atoms with Gasteiger partial charge in [-0.25, -0.2) is 0 Å². The maximum absolute atomic E-state index is 12.7. The topological polar surface area (TPSA) is 68.7 Å². The highest BCUT2D eigenvalue weighted by Gasteiger charge is 2.28. The van der Waals surface area contributed by atoms with E-state index in [0.717, 1.165) is 5.56 Å². The second kappa shape index (κ2) is 6.33. The van der Waals surface area contributed by atoms with Gasteiger partial charge in [-0.3, -0.25) is 4.79 Å². The molecule has 6 heteroatoms. The molecule has 0 aliphatic carbocycles. The van der Waals surface area contributed by atoms with Gasteiger partial charge >= 0.3 is 0 Å². The molecule has 6 nitrogen and oxygen atoms in total. The summed E-state index contributed by atoms with van der Waals surface area (Å²) in [6.45, 7) is 1.52. The van der Waals surface area contributed by atoms with Crippen LogP contribution >= 0.6 is 0 Å². The minimum absolute atomic E-state index is 0.125. The number of benzene rings is 1. The van der Waals surface area contributed by atoms with E-state index < -0.39 is 0 Å². The number of rotatable bonds is 3. The Bertz CT molecular complexity index is 811. The fourth-order valence-electron chi connectivity index (χ4n) is 2.78. The number of aromatic nitrogens is 1. The van der Waals surface area contributed by atoms with Gasteiger partial charge in [0.25, 0.3) is 5.91 Å². The molecule has 0 saturated carbocycles. The van der Waals surface area contributed by atoms with Gasteiger partial charge in [-0.2, -0.15) is 0 Å². The smallest absolute Gasteiger partial charge is 0.276 e. The minimum Gasteiger partial charge on any atom is -0.461 e. The molecule has 122 valence electrons. The lowest BCUT2D eigenvalue weighted by Crippen LogP contribution is -2.42. The Balaban J connectivity index is 1.50. The normalized spacial score (nSPS) is 17.8. The van der Waals surface area contributed by atoms with Gasteiger partial charge in [-0.15, -0.1) is 0 Å². The van der Waals surface area contributed by atoms with E-state index in [9.17, 15) is 4.79 Å².